The zero-order valence-corrected chi connectivity index (χ0v) is 13.8. The fourth-order valence-corrected chi connectivity index (χ4v) is 2.36. The van der Waals surface area contributed by atoms with E-state index in [2.05, 4.69) is 58.4 Å². The number of nitrogens with one attached hydrogen (secondary N) is 1. The van der Waals surface area contributed by atoms with Gasteiger partial charge in [0, 0.05) is 18.0 Å². The normalized spacial score (nSPS) is 11.4. The van der Waals surface area contributed by atoms with Gasteiger partial charge in [-0.1, -0.05) is 38.1 Å². The summed E-state index contributed by atoms with van der Waals surface area (Å²) in [4.78, 5) is 4.01. The minimum Gasteiger partial charge on any atom is -0.265 e. The second-order valence-electron chi connectivity index (χ2n) is 5.47. The summed E-state index contributed by atoms with van der Waals surface area (Å²) in [5.74, 6) is 1.18. The third-order valence-corrected chi connectivity index (χ3v) is 3.78. The average molecular weight is 323 g/mol. The second kappa shape index (κ2) is 6.66. The zero-order valence-electron chi connectivity index (χ0n) is 13.0. The van der Waals surface area contributed by atoms with Crippen LogP contribution in [-0.2, 0) is 0 Å². The van der Waals surface area contributed by atoms with Crippen LogP contribution in [0.3, 0.4) is 0 Å². The van der Waals surface area contributed by atoms with E-state index in [1.165, 1.54) is 5.56 Å². The zero-order chi connectivity index (χ0) is 16.2. The Kier molecular flexibility index (Phi) is 4.43. The van der Waals surface area contributed by atoms with Crippen LogP contribution in [0.4, 0.5) is 0 Å². The van der Waals surface area contributed by atoms with Gasteiger partial charge in [0.25, 0.3) is 0 Å². The number of nitrogens with zero attached hydrogens (tertiary/aromatic N) is 4. The highest BCUT2D eigenvalue weighted by Gasteiger charge is 2.07. The number of pyridine rings is 1. The summed E-state index contributed by atoms with van der Waals surface area (Å²) in [6, 6.07) is 12.1. The van der Waals surface area contributed by atoms with Gasteiger partial charge in [0.1, 0.15) is 0 Å². The van der Waals surface area contributed by atoms with Gasteiger partial charge in [0.2, 0.25) is 4.77 Å². The van der Waals surface area contributed by atoms with E-state index in [-0.39, 0.29) is 0 Å². The van der Waals surface area contributed by atoms with Crippen LogP contribution >= 0.6 is 12.2 Å². The topological polar surface area (TPSA) is 58.9 Å². The molecule has 3 aromatic rings. The van der Waals surface area contributed by atoms with E-state index in [9.17, 15) is 0 Å². The first-order chi connectivity index (χ1) is 11.1. The molecule has 1 aromatic carbocycles. The van der Waals surface area contributed by atoms with Gasteiger partial charge in [-0.3, -0.25) is 4.98 Å². The van der Waals surface area contributed by atoms with Crippen LogP contribution in [0.5, 0.6) is 0 Å². The molecule has 0 spiro atoms. The van der Waals surface area contributed by atoms with Crippen LogP contribution in [0.1, 0.15) is 30.9 Å². The van der Waals surface area contributed by atoms with E-state index >= 15 is 0 Å². The number of rotatable bonds is 4. The first-order valence-corrected chi connectivity index (χ1v) is 7.78. The fraction of sp³-hybridized carbons (Fsp3) is 0.176. The average Bonchev–Trinajstić information content (AvgIpc) is 2.95. The second-order valence-corrected chi connectivity index (χ2v) is 5.85. The molecule has 0 bridgehead atoms. The molecule has 0 saturated heterocycles. The molecule has 0 atom stereocenters. The fourth-order valence-electron chi connectivity index (χ4n) is 2.18. The summed E-state index contributed by atoms with van der Waals surface area (Å²) in [5.41, 5.74) is 3.22. The molecular formula is C17H17N5S. The molecule has 0 aliphatic carbocycles. The Labute approximate surface area is 139 Å². The number of hydrogen-bond donors (Lipinski definition) is 1. The number of hydrogen-bond acceptors (Lipinski definition) is 4. The van der Waals surface area contributed by atoms with Crippen molar-refractivity contribution in [2.45, 2.75) is 19.8 Å². The maximum absolute atomic E-state index is 5.26. The molecule has 0 aliphatic rings. The van der Waals surface area contributed by atoms with Crippen LogP contribution < -0.4 is 0 Å². The van der Waals surface area contributed by atoms with Gasteiger partial charge < -0.3 is 0 Å². The molecule has 0 unspecified atom stereocenters. The monoisotopic (exact) mass is 323 g/mol. The van der Waals surface area contributed by atoms with Crippen LogP contribution in [0.2, 0.25) is 0 Å². The lowest BCUT2D eigenvalue weighted by Gasteiger charge is -2.04. The van der Waals surface area contributed by atoms with Gasteiger partial charge in [-0.25, -0.2) is 5.10 Å². The smallest absolute Gasteiger partial charge is 0.216 e. The highest BCUT2D eigenvalue weighted by Crippen LogP contribution is 2.16. The Morgan fingerprint density at radius 2 is 1.83 bits per heavy atom. The molecule has 5 nitrogen and oxygen atoms in total. The van der Waals surface area contributed by atoms with Crippen molar-refractivity contribution in [1.29, 1.82) is 0 Å². The molecule has 0 saturated carbocycles. The van der Waals surface area contributed by atoms with Crippen molar-refractivity contribution in [1.82, 2.24) is 19.9 Å². The lowest BCUT2D eigenvalue weighted by atomic mass is 10.0. The molecule has 23 heavy (non-hydrogen) atoms. The lowest BCUT2D eigenvalue weighted by molar-refractivity contribution is 0.865. The highest BCUT2D eigenvalue weighted by atomic mass is 32.1. The van der Waals surface area contributed by atoms with Crippen LogP contribution in [0.25, 0.3) is 11.4 Å². The third kappa shape index (κ3) is 3.43. The standard InChI is InChI=1S/C17H17N5S/c1-12(2)14-5-3-13(4-6-14)11-19-22-16(20-21-17(22)23)15-7-9-18-10-8-15/h3-12H,1-2H3,(H,21,23)/b19-11+. The van der Waals surface area contributed by atoms with E-state index in [1.807, 2.05) is 12.1 Å². The van der Waals surface area contributed by atoms with E-state index < -0.39 is 0 Å². The molecule has 116 valence electrons. The summed E-state index contributed by atoms with van der Waals surface area (Å²) in [5, 5.41) is 11.5. The maximum Gasteiger partial charge on any atom is 0.216 e. The maximum atomic E-state index is 5.26. The van der Waals surface area contributed by atoms with Crippen molar-refractivity contribution in [3.8, 4) is 11.4 Å². The Bertz CT molecular complexity index is 860. The van der Waals surface area contributed by atoms with E-state index in [0.717, 1.165) is 11.1 Å². The van der Waals surface area contributed by atoms with Crippen LogP contribution in [0, 0.1) is 4.77 Å². The van der Waals surface area contributed by atoms with Crippen molar-refractivity contribution in [3.05, 3.63) is 64.7 Å². The Morgan fingerprint density at radius 3 is 2.48 bits per heavy atom. The first-order valence-electron chi connectivity index (χ1n) is 7.37. The summed E-state index contributed by atoms with van der Waals surface area (Å²) in [6.45, 7) is 4.35. The number of aromatic nitrogens is 4. The molecule has 0 radical (unpaired) electrons. The van der Waals surface area contributed by atoms with Gasteiger partial charge in [-0.05, 0) is 41.4 Å². The summed E-state index contributed by atoms with van der Waals surface area (Å²) >= 11 is 5.26. The molecule has 0 amide bonds. The number of benzene rings is 1. The van der Waals surface area contributed by atoms with Crippen molar-refractivity contribution in [3.63, 3.8) is 0 Å². The number of aromatic amines is 1. The van der Waals surface area contributed by atoms with Crippen molar-refractivity contribution in [2.24, 2.45) is 5.10 Å². The van der Waals surface area contributed by atoms with Gasteiger partial charge in [0.15, 0.2) is 5.82 Å². The molecule has 2 heterocycles. The molecule has 3 rings (SSSR count). The Balaban J connectivity index is 1.91. The summed E-state index contributed by atoms with van der Waals surface area (Å²) in [6.07, 6.45) is 5.21. The SMILES string of the molecule is CC(C)c1ccc(/C=N/n2c(-c3ccncc3)n[nH]c2=S)cc1. The Morgan fingerprint density at radius 1 is 1.13 bits per heavy atom. The predicted molar refractivity (Wildman–Crippen MR) is 94.2 cm³/mol. The molecule has 0 fully saturated rings. The Hall–Kier alpha value is -2.60. The van der Waals surface area contributed by atoms with Crippen molar-refractivity contribution >= 4 is 18.4 Å². The van der Waals surface area contributed by atoms with Gasteiger partial charge in [-0.15, -0.1) is 0 Å². The largest absolute Gasteiger partial charge is 0.265 e. The minimum atomic E-state index is 0.451. The van der Waals surface area contributed by atoms with E-state index in [1.54, 1.807) is 23.3 Å². The first kappa shape index (κ1) is 15.3. The molecule has 2 aromatic heterocycles. The summed E-state index contributed by atoms with van der Waals surface area (Å²) < 4.78 is 2.06. The van der Waals surface area contributed by atoms with Crippen LogP contribution in [0.15, 0.2) is 53.9 Å². The third-order valence-electron chi connectivity index (χ3n) is 3.51. The van der Waals surface area contributed by atoms with Crippen LogP contribution in [-0.4, -0.2) is 26.1 Å². The van der Waals surface area contributed by atoms with Gasteiger partial charge in [-0.2, -0.15) is 14.9 Å². The summed E-state index contributed by atoms with van der Waals surface area (Å²) in [7, 11) is 0. The van der Waals surface area contributed by atoms with E-state index in [0.29, 0.717) is 16.5 Å². The van der Waals surface area contributed by atoms with E-state index in [4.69, 9.17) is 12.2 Å². The minimum absolute atomic E-state index is 0.451. The predicted octanol–water partition coefficient (Wildman–Crippen LogP) is 4.01. The van der Waals surface area contributed by atoms with Crippen molar-refractivity contribution in [2.75, 3.05) is 0 Å². The lowest BCUT2D eigenvalue weighted by Crippen LogP contribution is -1.95. The molecule has 6 heteroatoms. The molecule has 1 N–H and O–H groups in total. The quantitative estimate of drug-likeness (QED) is 0.583. The molecule has 0 aliphatic heterocycles. The van der Waals surface area contributed by atoms with Gasteiger partial charge in [0.05, 0.1) is 6.21 Å². The molecular weight excluding hydrogens is 306 g/mol. The van der Waals surface area contributed by atoms with Gasteiger partial charge >= 0.3 is 0 Å². The highest BCUT2D eigenvalue weighted by molar-refractivity contribution is 7.71. The van der Waals surface area contributed by atoms with Crippen molar-refractivity contribution < 1.29 is 0 Å². The number of H-pyrrole nitrogens is 1.